The maximum Gasteiger partial charge on any atom is 0.416 e. The van der Waals surface area contributed by atoms with Gasteiger partial charge in [-0.25, -0.2) is 0 Å². The first-order valence-electron chi connectivity index (χ1n) is 7.20. The molecule has 6 heteroatoms. The normalized spacial score (nSPS) is 14.5. The van der Waals surface area contributed by atoms with Crippen molar-refractivity contribution < 1.29 is 23.1 Å². The van der Waals surface area contributed by atoms with Gasteiger partial charge in [0.25, 0.3) is 0 Å². The van der Waals surface area contributed by atoms with Crippen molar-refractivity contribution in [2.75, 3.05) is 13.6 Å². The van der Waals surface area contributed by atoms with Crippen LogP contribution in [0.5, 0.6) is 0 Å². The fourth-order valence-electron chi connectivity index (χ4n) is 2.18. The molecule has 0 saturated carbocycles. The van der Waals surface area contributed by atoms with Crippen molar-refractivity contribution in [3.05, 3.63) is 35.4 Å². The number of halogens is 3. The highest BCUT2D eigenvalue weighted by Crippen LogP contribution is 2.30. The number of hydrogen-bond donors (Lipinski definition) is 1. The van der Waals surface area contributed by atoms with E-state index in [1.807, 2.05) is 0 Å². The molecule has 1 amide bonds. The molecule has 2 unspecified atom stereocenters. The molecule has 3 nitrogen and oxygen atoms in total. The summed E-state index contributed by atoms with van der Waals surface area (Å²) in [6, 6.07) is 5.05. The van der Waals surface area contributed by atoms with Crippen molar-refractivity contribution in [1.82, 2.24) is 4.90 Å². The van der Waals surface area contributed by atoms with E-state index >= 15 is 0 Å². The molecule has 0 fully saturated rings. The van der Waals surface area contributed by atoms with E-state index in [4.69, 9.17) is 0 Å². The summed E-state index contributed by atoms with van der Waals surface area (Å²) in [5.41, 5.74) is -0.216. The van der Waals surface area contributed by atoms with Crippen LogP contribution >= 0.6 is 0 Å². The molecule has 0 spiro atoms. The second-order valence-electron chi connectivity index (χ2n) is 5.70. The number of aliphatic hydroxyl groups excluding tert-OH is 1. The molecule has 1 rings (SSSR count). The van der Waals surface area contributed by atoms with Crippen LogP contribution in [-0.4, -0.2) is 35.6 Å². The third-order valence-electron chi connectivity index (χ3n) is 3.48. The maximum atomic E-state index is 12.7. The summed E-state index contributed by atoms with van der Waals surface area (Å²) in [4.78, 5) is 13.7. The van der Waals surface area contributed by atoms with Crippen molar-refractivity contribution in [3.63, 3.8) is 0 Å². The Hall–Kier alpha value is -1.56. The van der Waals surface area contributed by atoms with Crippen LogP contribution in [-0.2, 0) is 17.4 Å². The van der Waals surface area contributed by atoms with Crippen LogP contribution in [0.4, 0.5) is 13.2 Å². The van der Waals surface area contributed by atoms with Crippen LogP contribution in [0.2, 0.25) is 0 Å². The zero-order valence-corrected chi connectivity index (χ0v) is 13.0. The molecular weight excluding hydrogens is 295 g/mol. The van der Waals surface area contributed by atoms with Gasteiger partial charge in [-0.2, -0.15) is 13.2 Å². The van der Waals surface area contributed by atoms with E-state index in [0.29, 0.717) is 18.5 Å². The summed E-state index contributed by atoms with van der Waals surface area (Å²) in [7, 11) is 1.63. The highest BCUT2D eigenvalue weighted by Gasteiger charge is 2.30. The predicted octanol–water partition coefficient (Wildman–Crippen LogP) is 3.11. The van der Waals surface area contributed by atoms with E-state index in [-0.39, 0.29) is 12.3 Å². The second kappa shape index (κ2) is 7.63. The Labute approximate surface area is 128 Å². The molecule has 0 saturated heterocycles. The number of hydrogen-bond acceptors (Lipinski definition) is 2. The Morgan fingerprint density at radius 1 is 1.32 bits per heavy atom. The minimum absolute atomic E-state index is 0.141. The zero-order valence-electron chi connectivity index (χ0n) is 13.0. The Morgan fingerprint density at radius 2 is 1.95 bits per heavy atom. The number of carbonyl (C=O) groups excluding carboxylic acids is 1. The summed E-state index contributed by atoms with van der Waals surface area (Å²) < 4.78 is 38.0. The Kier molecular flexibility index (Phi) is 6.41. The molecule has 1 N–H and O–H groups in total. The first-order chi connectivity index (χ1) is 10.1. The maximum absolute atomic E-state index is 12.7. The van der Waals surface area contributed by atoms with Crippen molar-refractivity contribution in [3.8, 4) is 0 Å². The van der Waals surface area contributed by atoms with E-state index < -0.39 is 23.8 Å². The van der Waals surface area contributed by atoms with Crippen molar-refractivity contribution >= 4 is 5.91 Å². The number of alkyl halides is 3. The SMILES string of the molecule is CC(O)CCN(C)C(=O)C(C)Cc1cccc(C(F)(F)F)c1. The average Bonchev–Trinajstić information content (AvgIpc) is 2.43. The minimum Gasteiger partial charge on any atom is -0.393 e. The molecule has 0 aliphatic rings. The van der Waals surface area contributed by atoms with Gasteiger partial charge in [0.2, 0.25) is 5.91 Å². The molecule has 1 aromatic rings. The Bertz CT molecular complexity index is 500. The summed E-state index contributed by atoms with van der Waals surface area (Å²) in [6.45, 7) is 3.76. The van der Waals surface area contributed by atoms with E-state index in [1.54, 1.807) is 27.0 Å². The number of aliphatic hydroxyl groups is 1. The second-order valence-corrected chi connectivity index (χ2v) is 5.70. The third kappa shape index (κ3) is 5.67. The monoisotopic (exact) mass is 317 g/mol. The average molecular weight is 317 g/mol. The van der Waals surface area contributed by atoms with Gasteiger partial charge in [0.1, 0.15) is 0 Å². The van der Waals surface area contributed by atoms with E-state index in [2.05, 4.69) is 0 Å². The summed E-state index contributed by atoms with van der Waals surface area (Å²) in [5, 5.41) is 9.22. The summed E-state index contributed by atoms with van der Waals surface area (Å²) in [6.07, 6.45) is -4.15. The van der Waals surface area contributed by atoms with E-state index in [0.717, 1.165) is 12.1 Å². The molecule has 0 radical (unpaired) electrons. The lowest BCUT2D eigenvalue weighted by atomic mass is 9.98. The smallest absolute Gasteiger partial charge is 0.393 e. The highest BCUT2D eigenvalue weighted by atomic mass is 19.4. The third-order valence-corrected chi connectivity index (χ3v) is 3.48. The van der Waals surface area contributed by atoms with Crippen LogP contribution in [0, 0.1) is 5.92 Å². The first kappa shape index (κ1) is 18.5. The van der Waals surface area contributed by atoms with Crippen LogP contribution in [0.1, 0.15) is 31.4 Å². The quantitative estimate of drug-likeness (QED) is 0.876. The van der Waals surface area contributed by atoms with Crippen molar-refractivity contribution in [2.45, 2.75) is 39.0 Å². The number of rotatable bonds is 6. The van der Waals surface area contributed by atoms with Gasteiger partial charge < -0.3 is 10.0 Å². The first-order valence-corrected chi connectivity index (χ1v) is 7.20. The lowest BCUT2D eigenvalue weighted by Gasteiger charge is -2.22. The molecule has 124 valence electrons. The minimum atomic E-state index is -4.38. The fraction of sp³-hybridized carbons (Fsp3) is 0.562. The lowest BCUT2D eigenvalue weighted by molar-refractivity contribution is -0.137. The zero-order chi connectivity index (χ0) is 16.9. The van der Waals surface area contributed by atoms with Gasteiger partial charge >= 0.3 is 6.18 Å². The predicted molar refractivity (Wildman–Crippen MR) is 78.2 cm³/mol. The van der Waals surface area contributed by atoms with Crippen LogP contribution in [0.15, 0.2) is 24.3 Å². The molecule has 0 heterocycles. The van der Waals surface area contributed by atoms with Crippen molar-refractivity contribution in [2.24, 2.45) is 5.92 Å². The van der Waals surface area contributed by atoms with Gasteiger partial charge in [0.15, 0.2) is 0 Å². The topological polar surface area (TPSA) is 40.5 Å². The largest absolute Gasteiger partial charge is 0.416 e. The molecule has 0 aliphatic heterocycles. The van der Waals surface area contributed by atoms with Crippen LogP contribution in [0.25, 0.3) is 0 Å². The number of amides is 1. The van der Waals surface area contributed by atoms with Gasteiger partial charge in [-0.15, -0.1) is 0 Å². The number of nitrogens with zero attached hydrogens (tertiary/aromatic N) is 1. The highest BCUT2D eigenvalue weighted by molar-refractivity contribution is 5.78. The molecular formula is C16H22F3NO2. The molecule has 2 atom stereocenters. The summed E-state index contributed by atoms with van der Waals surface area (Å²) in [5.74, 6) is -0.555. The summed E-state index contributed by atoms with van der Waals surface area (Å²) >= 11 is 0. The van der Waals surface area contributed by atoms with Gasteiger partial charge in [-0.1, -0.05) is 25.1 Å². The van der Waals surface area contributed by atoms with E-state index in [9.17, 15) is 23.1 Å². The van der Waals surface area contributed by atoms with E-state index in [1.165, 1.54) is 11.0 Å². The lowest BCUT2D eigenvalue weighted by Crippen LogP contribution is -2.34. The van der Waals surface area contributed by atoms with Crippen LogP contribution < -0.4 is 0 Å². The number of carbonyl (C=O) groups is 1. The van der Waals surface area contributed by atoms with Crippen molar-refractivity contribution in [1.29, 1.82) is 0 Å². The van der Waals surface area contributed by atoms with Gasteiger partial charge in [-0.3, -0.25) is 4.79 Å². The van der Waals surface area contributed by atoms with Crippen LogP contribution in [0.3, 0.4) is 0 Å². The Balaban J connectivity index is 2.68. The van der Waals surface area contributed by atoms with Gasteiger partial charge in [-0.05, 0) is 31.4 Å². The molecule has 0 aliphatic carbocycles. The molecule has 0 aromatic heterocycles. The molecule has 22 heavy (non-hydrogen) atoms. The molecule has 1 aromatic carbocycles. The fourth-order valence-corrected chi connectivity index (χ4v) is 2.18. The van der Waals surface area contributed by atoms with Gasteiger partial charge in [0.05, 0.1) is 11.7 Å². The Morgan fingerprint density at radius 3 is 2.50 bits per heavy atom. The molecule has 0 bridgehead atoms. The number of benzene rings is 1. The standard InChI is InChI=1S/C16H22F3NO2/c1-11(15(22)20(3)8-7-12(2)21)9-13-5-4-6-14(10-13)16(17,18)19/h4-6,10-12,21H,7-9H2,1-3H3. The van der Waals surface area contributed by atoms with Gasteiger partial charge in [0, 0.05) is 19.5 Å².